The minimum Gasteiger partial charge on any atom is -0.342 e. The van der Waals surface area contributed by atoms with Crippen LogP contribution in [-0.4, -0.2) is 41.6 Å². The average Bonchev–Trinajstić information content (AvgIpc) is 3.50. The molecule has 35 heavy (non-hydrogen) atoms. The molecule has 1 aromatic carbocycles. The molecule has 0 aromatic heterocycles. The summed E-state index contributed by atoms with van der Waals surface area (Å²) in [5.74, 6) is 1.75. The van der Waals surface area contributed by atoms with Crippen LogP contribution in [0.25, 0.3) is 0 Å². The molecule has 1 aromatic rings. The third-order valence-electron chi connectivity index (χ3n) is 9.53. The van der Waals surface area contributed by atoms with Gasteiger partial charge in [0.15, 0.2) is 5.78 Å². The predicted octanol–water partition coefficient (Wildman–Crippen LogP) is 5.49. The fourth-order valence-corrected chi connectivity index (χ4v) is 7.37. The Morgan fingerprint density at radius 1 is 0.971 bits per heavy atom. The number of likely N-dealkylation sites (tertiary alicyclic amines) is 1. The number of Topliss-reactive ketones (excluding diaryl/α,β-unsaturated/α-hetero) is 1. The van der Waals surface area contributed by atoms with Gasteiger partial charge in [-0.3, -0.25) is 14.4 Å². The second-order valence-corrected chi connectivity index (χ2v) is 12.2. The lowest BCUT2D eigenvalue weighted by Gasteiger charge is -2.43. The topological polar surface area (TPSA) is 66.5 Å². The molecule has 190 valence electrons. The number of carbonyl (C=O) groups excluding carboxylic acids is 3. The molecule has 1 heterocycles. The zero-order chi connectivity index (χ0) is 24.6. The summed E-state index contributed by atoms with van der Waals surface area (Å²) in [6, 6.07) is 7.57. The van der Waals surface area contributed by atoms with Crippen LogP contribution in [0.2, 0.25) is 0 Å². The van der Waals surface area contributed by atoms with Crippen LogP contribution in [0.4, 0.5) is 0 Å². The number of nitrogens with zero attached hydrogens (tertiary/aromatic N) is 1. The molecule has 1 aliphatic heterocycles. The lowest BCUT2D eigenvalue weighted by molar-refractivity contribution is -0.147. The number of nitrogens with one attached hydrogen (secondary N) is 1. The minimum atomic E-state index is -0.387. The Morgan fingerprint density at radius 3 is 2.31 bits per heavy atom. The second kappa shape index (κ2) is 10.1. The number of ketones is 1. The van der Waals surface area contributed by atoms with Crippen LogP contribution in [0.5, 0.6) is 0 Å². The number of amides is 2. The highest BCUT2D eigenvalue weighted by molar-refractivity contribution is 5.98. The number of carbonyl (C=O) groups is 3. The molecule has 5 heteroatoms. The Labute approximate surface area is 210 Å². The van der Waals surface area contributed by atoms with Gasteiger partial charge in [-0.2, -0.15) is 0 Å². The third kappa shape index (κ3) is 4.93. The maximum Gasteiger partial charge on any atom is 0.251 e. The molecular formula is C30H42N2O3. The van der Waals surface area contributed by atoms with Crippen LogP contribution >= 0.6 is 0 Å². The van der Waals surface area contributed by atoms with Crippen LogP contribution < -0.4 is 5.32 Å². The van der Waals surface area contributed by atoms with Crippen molar-refractivity contribution in [2.45, 2.75) is 96.4 Å². The van der Waals surface area contributed by atoms with E-state index in [2.05, 4.69) is 16.3 Å². The number of hydrogen-bond acceptors (Lipinski definition) is 3. The van der Waals surface area contributed by atoms with Crippen molar-refractivity contribution in [2.24, 2.45) is 23.2 Å². The Balaban J connectivity index is 1.21. The van der Waals surface area contributed by atoms with Crippen molar-refractivity contribution >= 4 is 17.6 Å². The van der Waals surface area contributed by atoms with E-state index in [0.717, 1.165) is 76.8 Å². The number of piperidine rings is 1. The van der Waals surface area contributed by atoms with E-state index in [1.165, 1.54) is 18.4 Å². The highest BCUT2D eigenvalue weighted by Gasteiger charge is 2.56. The van der Waals surface area contributed by atoms with Gasteiger partial charge in [-0.25, -0.2) is 0 Å². The average molecular weight is 479 g/mol. The molecule has 2 amide bonds. The summed E-state index contributed by atoms with van der Waals surface area (Å²) in [6.45, 7) is 5.49. The van der Waals surface area contributed by atoms with E-state index in [4.69, 9.17) is 0 Å². The highest BCUT2D eigenvalue weighted by Crippen LogP contribution is 2.59. The molecule has 0 spiro atoms. The van der Waals surface area contributed by atoms with Gasteiger partial charge >= 0.3 is 0 Å². The standard InChI is InChI=1S/C30H42N2O3/c1-20(2)27(33)26(23-7-4-3-5-8-23)31-28(34)25-10-6-9-24(17-25)22-12-15-32(16-13-22)29(35)30-14-11-21(18-30)19-30/h6,9-10,17,20-23,26H,3-5,7-8,11-16,18-19H2,1-2H3,(H,31,34)/t21?,26-,30?/m1/s1. The van der Waals surface area contributed by atoms with E-state index in [-0.39, 0.29) is 35.0 Å². The normalized spacial score (nSPS) is 28.0. The van der Waals surface area contributed by atoms with Gasteiger partial charge in [0.05, 0.1) is 6.04 Å². The summed E-state index contributed by atoms with van der Waals surface area (Å²) < 4.78 is 0. The first-order valence-corrected chi connectivity index (χ1v) is 14.1. The van der Waals surface area contributed by atoms with E-state index in [0.29, 0.717) is 17.4 Å². The van der Waals surface area contributed by atoms with Crippen molar-refractivity contribution in [1.82, 2.24) is 10.2 Å². The van der Waals surface area contributed by atoms with Gasteiger partial charge in [0, 0.05) is 30.0 Å². The smallest absolute Gasteiger partial charge is 0.251 e. The molecule has 0 unspecified atom stereocenters. The van der Waals surface area contributed by atoms with E-state index < -0.39 is 0 Å². The molecule has 2 bridgehead atoms. The maximum absolute atomic E-state index is 13.3. The van der Waals surface area contributed by atoms with Gasteiger partial charge < -0.3 is 10.2 Å². The molecule has 1 saturated heterocycles. The van der Waals surface area contributed by atoms with Crippen LogP contribution in [0.15, 0.2) is 24.3 Å². The molecule has 5 nitrogen and oxygen atoms in total. The Kier molecular flexibility index (Phi) is 7.05. The minimum absolute atomic E-state index is 0.0161. The highest BCUT2D eigenvalue weighted by atomic mass is 16.2. The third-order valence-corrected chi connectivity index (χ3v) is 9.53. The summed E-state index contributed by atoms with van der Waals surface area (Å²) in [4.78, 5) is 41.5. The largest absolute Gasteiger partial charge is 0.342 e. The first-order chi connectivity index (χ1) is 16.9. The van der Waals surface area contributed by atoms with Gasteiger partial charge in [-0.15, -0.1) is 0 Å². The lowest BCUT2D eigenvalue weighted by Crippen LogP contribution is -2.49. The fraction of sp³-hybridized carbons (Fsp3) is 0.700. The van der Waals surface area contributed by atoms with Crippen molar-refractivity contribution in [2.75, 3.05) is 13.1 Å². The summed E-state index contributed by atoms with van der Waals surface area (Å²) >= 11 is 0. The number of fused-ring (bicyclic) bond motifs is 1. The van der Waals surface area contributed by atoms with Crippen molar-refractivity contribution in [3.8, 4) is 0 Å². The fourth-order valence-electron chi connectivity index (χ4n) is 7.37. The summed E-state index contributed by atoms with van der Waals surface area (Å²) in [7, 11) is 0. The molecule has 4 aliphatic carbocycles. The van der Waals surface area contributed by atoms with E-state index >= 15 is 0 Å². The van der Waals surface area contributed by atoms with Gasteiger partial charge in [0.2, 0.25) is 5.91 Å². The monoisotopic (exact) mass is 478 g/mol. The van der Waals surface area contributed by atoms with Crippen molar-refractivity contribution in [3.63, 3.8) is 0 Å². The second-order valence-electron chi connectivity index (χ2n) is 12.2. The zero-order valence-electron chi connectivity index (χ0n) is 21.6. The van der Waals surface area contributed by atoms with Crippen LogP contribution in [0.1, 0.15) is 106 Å². The van der Waals surface area contributed by atoms with E-state index in [1.54, 1.807) is 0 Å². The first-order valence-electron chi connectivity index (χ1n) is 14.1. The predicted molar refractivity (Wildman–Crippen MR) is 137 cm³/mol. The molecule has 0 radical (unpaired) electrons. The molecule has 4 saturated carbocycles. The van der Waals surface area contributed by atoms with Crippen molar-refractivity contribution < 1.29 is 14.4 Å². The molecule has 6 rings (SSSR count). The molecule has 5 fully saturated rings. The van der Waals surface area contributed by atoms with E-state index in [1.807, 2.05) is 32.0 Å². The van der Waals surface area contributed by atoms with Crippen molar-refractivity contribution in [3.05, 3.63) is 35.4 Å². The quantitative estimate of drug-likeness (QED) is 0.564. The van der Waals surface area contributed by atoms with Crippen molar-refractivity contribution in [1.29, 1.82) is 0 Å². The van der Waals surface area contributed by atoms with Crippen LogP contribution in [-0.2, 0) is 9.59 Å². The Hall–Kier alpha value is -2.17. The summed E-state index contributed by atoms with van der Waals surface area (Å²) in [6.07, 6.45) is 12.0. The maximum atomic E-state index is 13.3. The van der Waals surface area contributed by atoms with Gasteiger partial charge in [0.25, 0.3) is 5.91 Å². The number of rotatable bonds is 7. The van der Waals surface area contributed by atoms with Gasteiger partial charge in [0.1, 0.15) is 0 Å². The number of hydrogen-bond donors (Lipinski definition) is 1. The lowest BCUT2D eigenvalue weighted by atomic mass is 9.68. The van der Waals surface area contributed by atoms with Gasteiger partial charge in [-0.1, -0.05) is 45.2 Å². The molecule has 1 atom stereocenters. The zero-order valence-corrected chi connectivity index (χ0v) is 21.6. The first kappa shape index (κ1) is 24.5. The molecular weight excluding hydrogens is 436 g/mol. The SMILES string of the molecule is CC(C)C(=O)[C@H](NC(=O)c1cccc(C2CCN(C(=O)C34CCC(C3)C4)CC2)c1)C1CCCCC1. The Bertz CT molecular complexity index is 945. The number of benzene rings is 1. The van der Waals surface area contributed by atoms with Crippen LogP contribution in [0, 0.1) is 23.2 Å². The summed E-state index contributed by atoms with van der Waals surface area (Å²) in [5, 5.41) is 3.13. The summed E-state index contributed by atoms with van der Waals surface area (Å²) in [5.41, 5.74) is 1.80. The molecule has 1 N–H and O–H groups in total. The van der Waals surface area contributed by atoms with Crippen LogP contribution in [0.3, 0.4) is 0 Å². The van der Waals surface area contributed by atoms with E-state index in [9.17, 15) is 14.4 Å². The Morgan fingerprint density at radius 2 is 1.69 bits per heavy atom. The molecule has 5 aliphatic rings. The van der Waals surface area contributed by atoms with Gasteiger partial charge in [-0.05, 0) is 86.8 Å².